The van der Waals surface area contributed by atoms with E-state index in [0.29, 0.717) is 5.56 Å². The largest absolute Gasteiger partial charge is 0.386 e. The van der Waals surface area contributed by atoms with Crippen molar-refractivity contribution in [3.63, 3.8) is 0 Å². The molecule has 1 amide bonds. The molecular formula is C21H22F2N4O3S. The summed E-state index contributed by atoms with van der Waals surface area (Å²) < 4.78 is 39.2. The average molecular weight is 448 g/mol. The van der Waals surface area contributed by atoms with Gasteiger partial charge in [0.15, 0.2) is 4.87 Å². The van der Waals surface area contributed by atoms with E-state index in [-0.39, 0.29) is 29.7 Å². The van der Waals surface area contributed by atoms with E-state index in [4.69, 9.17) is 20.6 Å². The first-order chi connectivity index (χ1) is 14.8. The standard InChI is InChI=1S/C21H22F2N4O3S/c1-13(29-2)20(28)27-21(12-30-11-18(24)25,14-6-4-3-5-7-14)31-19(26-27)16-10-15(22)8-9-17(16)23/h3-10,13H,11-12H2,1-2H3,(H3,24,25)/t13-,21?/m0/s1. The number of methoxy groups -OCH3 is 1. The van der Waals surface area contributed by atoms with E-state index in [9.17, 15) is 13.6 Å². The second-order valence-corrected chi connectivity index (χ2v) is 8.09. The highest BCUT2D eigenvalue weighted by molar-refractivity contribution is 8.15. The highest BCUT2D eigenvalue weighted by atomic mass is 32.2. The number of thioether (sulfide) groups is 1. The van der Waals surface area contributed by atoms with Crippen molar-refractivity contribution < 1.29 is 23.0 Å². The molecule has 0 bridgehead atoms. The number of hydrogen-bond donors (Lipinski definition) is 2. The van der Waals surface area contributed by atoms with Gasteiger partial charge < -0.3 is 15.2 Å². The third-order valence-electron chi connectivity index (χ3n) is 4.65. The van der Waals surface area contributed by atoms with Gasteiger partial charge in [0.25, 0.3) is 5.91 Å². The van der Waals surface area contributed by atoms with Gasteiger partial charge in [-0.1, -0.05) is 42.1 Å². The smallest absolute Gasteiger partial charge is 0.273 e. The van der Waals surface area contributed by atoms with Crippen LogP contribution in [0, 0.1) is 17.0 Å². The number of hydrazone groups is 1. The number of halogens is 2. The Morgan fingerprint density at radius 3 is 2.65 bits per heavy atom. The summed E-state index contributed by atoms with van der Waals surface area (Å²) in [6.45, 7) is 1.30. The van der Waals surface area contributed by atoms with Gasteiger partial charge in [-0.25, -0.2) is 13.8 Å². The van der Waals surface area contributed by atoms with Crippen molar-refractivity contribution in [3.05, 3.63) is 71.3 Å². The van der Waals surface area contributed by atoms with Gasteiger partial charge in [-0.3, -0.25) is 10.2 Å². The van der Waals surface area contributed by atoms with Crippen LogP contribution in [0.15, 0.2) is 53.6 Å². The lowest BCUT2D eigenvalue weighted by atomic mass is 10.1. The zero-order chi connectivity index (χ0) is 22.6. The SMILES string of the molecule is CO[C@@H](C)C(=O)N1N=C(c2cc(F)ccc2F)SC1(COCC(=N)N)c1ccccc1. The highest BCUT2D eigenvalue weighted by Gasteiger charge is 2.50. The van der Waals surface area contributed by atoms with Crippen molar-refractivity contribution in [1.82, 2.24) is 5.01 Å². The maximum Gasteiger partial charge on any atom is 0.273 e. The first kappa shape index (κ1) is 22.9. The molecule has 10 heteroatoms. The second-order valence-electron chi connectivity index (χ2n) is 6.83. The summed E-state index contributed by atoms with van der Waals surface area (Å²) in [5, 5.41) is 13.1. The van der Waals surface area contributed by atoms with E-state index < -0.39 is 28.5 Å². The van der Waals surface area contributed by atoms with Gasteiger partial charge in [0.1, 0.15) is 35.2 Å². The Morgan fingerprint density at radius 1 is 1.29 bits per heavy atom. The van der Waals surface area contributed by atoms with Crippen LogP contribution < -0.4 is 5.73 Å². The molecule has 2 aromatic rings. The molecular weight excluding hydrogens is 426 g/mol. The molecule has 1 aliphatic heterocycles. The van der Waals surface area contributed by atoms with Crippen LogP contribution in [-0.4, -0.2) is 48.2 Å². The Hall–Kier alpha value is -2.82. The highest BCUT2D eigenvalue weighted by Crippen LogP contribution is 2.48. The van der Waals surface area contributed by atoms with Crippen molar-refractivity contribution in [3.8, 4) is 0 Å². The Labute approximate surface area is 182 Å². The third-order valence-corrected chi connectivity index (χ3v) is 6.01. The van der Waals surface area contributed by atoms with Crippen LogP contribution in [0.25, 0.3) is 0 Å². The first-order valence-electron chi connectivity index (χ1n) is 9.34. The summed E-state index contributed by atoms with van der Waals surface area (Å²) >= 11 is 1.06. The zero-order valence-electron chi connectivity index (χ0n) is 17.0. The van der Waals surface area contributed by atoms with Crippen LogP contribution in [0.2, 0.25) is 0 Å². The summed E-state index contributed by atoms with van der Waals surface area (Å²) in [4.78, 5) is 11.9. The van der Waals surface area contributed by atoms with Crippen LogP contribution in [0.3, 0.4) is 0 Å². The van der Waals surface area contributed by atoms with E-state index in [2.05, 4.69) is 5.10 Å². The van der Waals surface area contributed by atoms with Gasteiger partial charge in [-0.2, -0.15) is 5.10 Å². The molecule has 31 heavy (non-hydrogen) atoms. The van der Waals surface area contributed by atoms with Crippen molar-refractivity contribution in [1.29, 1.82) is 5.41 Å². The van der Waals surface area contributed by atoms with Crippen LogP contribution >= 0.6 is 11.8 Å². The number of benzene rings is 2. The molecule has 0 aliphatic carbocycles. The number of amidine groups is 1. The molecule has 1 heterocycles. The van der Waals surface area contributed by atoms with Crippen molar-refractivity contribution in [2.24, 2.45) is 10.8 Å². The van der Waals surface area contributed by atoms with E-state index in [0.717, 1.165) is 30.0 Å². The fourth-order valence-corrected chi connectivity index (χ4v) is 4.34. The predicted octanol–water partition coefficient (Wildman–Crippen LogP) is 3.04. The molecule has 0 aromatic heterocycles. The minimum absolute atomic E-state index is 0.0720. The van der Waals surface area contributed by atoms with Crippen molar-refractivity contribution in [2.75, 3.05) is 20.3 Å². The molecule has 2 atom stereocenters. The number of carbonyl (C=O) groups is 1. The third kappa shape index (κ3) is 4.76. The van der Waals surface area contributed by atoms with Gasteiger partial charge >= 0.3 is 0 Å². The minimum Gasteiger partial charge on any atom is -0.386 e. The summed E-state index contributed by atoms with van der Waals surface area (Å²) in [6, 6.07) is 12.0. The number of nitrogens with zero attached hydrogens (tertiary/aromatic N) is 2. The van der Waals surface area contributed by atoms with Crippen LogP contribution in [0.1, 0.15) is 18.1 Å². The van der Waals surface area contributed by atoms with Gasteiger partial charge in [0.05, 0.1) is 6.61 Å². The Bertz CT molecular complexity index is 1010. The lowest BCUT2D eigenvalue weighted by Crippen LogP contribution is -2.48. The molecule has 0 fully saturated rings. The normalized spacial score (nSPS) is 19.2. The zero-order valence-corrected chi connectivity index (χ0v) is 17.8. The number of ether oxygens (including phenoxy) is 2. The maximum atomic E-state index is 14.5. The number of carbonyl (C=O) groups excluding carboxylic acids is 1. The number of hydrogen-bond acceptors (Lipinski definition) is 6. The molecule has 164 valence electrons. The number of nitrogens with two attached hydrogens (primary N) is 1. The molecule has 3 rings (SSSR count). The van der Waals surface area contributed by atoms with E-state index in [1.807, 2.05) is 6.07 Å². The molecule has 2 aromatic carbocycles. The molecule has 0 saturated carbocycles. The maximum absolute atomic E-state index is 14.5. The monoisotopic (exact) mass is 448 g/mol. The number of amides is 1. The fourth-order valence-electron chi connectivity index (χ4n) is 3.02. The average Bonchev–Trinajstić information content (AvgIpc) is 3.15. The first-order valence-corrected chi connectivity index (χ1v) is 10.2. The molecule has 7 nitrogen and oxygen atoms in total. The van der Waals surface area contributed by atoms with E-state index in [1.165, 1.54) is 12.1 Å². The van der Waals surface area contributed by atoms with Crippen molar-refractivity contribution >= 4 is 28.5 Å². The second kappa shape index (κ2) is 9.54. The number of nitrogens with one attached hydrogen (secondary N) is 1. The van der Waals surface area contributed by atoms with Crippen LogP contribution in [0.5, 0.6) is 0 Å². The van der Waals surface area contributed by atoms with Gasteiger partial charge in [-0.15, -0.1) is 0 Å². The molecule has 3 N–H and O–H groups in total. The van der Waals surface area contributed by atoms with Crippen molar-refractivity contribution in [2.45, 2.75) is 17.9 Å². The molecule has 0 radical (unpaired) electrons. The fraction of sp³-hybridized carbons (Fsp3) is 0.286. The molecule has 1 unspecified atom stereocenters. The minimum atomic E-state index is -1.24. The van der Waals surface area contributed by atoms with E-state index >= 15 is 0 Å². The van der Waals surface area contributed by atoms with Gasteiger partial charge in [0, 0.05) is 12.7 Å². The molecule has 0 saturated heterocycles. The lowest BCUT2D eigenvalue weighted by Gasteiger charge is -2.36. The van der Waals surface area contributed by atoms with Crippen LogP contribution in [-0.2, 0) is 19.1 Å². The Kier molecular flexibility index (Phi) is 7.04. The summed E-state index contributed by atoms with van der Waals surface area (Å²) in [5.41, 5.74) is 5.99. The molecule has 1 aliphatic rings. The predicted molar refractivity (Wildman–Crippen MR) is 115 cm³/mol. The summed E-state index contributed by atoms with van der Waals surface area (Å²) in [6.07, 6.45) is -0.850. The summed E-state index contributed by atoms with van der Waals surface area (Å²) in [7, 11) is 1.39. The van der Waals surface area contributed by atoms with Gasteiger partial charge in [0.2, 0.25) is 0 Å². The lowest BCUT2D eigenvalue weighted by molar-refractivity contribution is -0.146. The number of rotatable bonds is 8. The Balaban J connectivity index is 2.13. The van der Waals surface area contributed by atoms with Gasteiger partial charge in [-0.05, 0) is 30.7 Å². The quantitative estimate of drug-likeness (QED) is 0.478. The summed E-state index contributed by atoms with van der Waals surface area (Å²) in [5.74, 6) is -1.98. The topological polar surface area (TPSA) is 101 Å². The molecule has 0 spiro atoms. The van der Waals surface area contributed by atoms with Crippen LogP contribution in [0.4, 0.5) is 8.78 Å². The van der Waals surface area contributed by atoms with E-state index in [1.54, 1.807) is 31.2 Å². The Morgan fingerprint density at radius 2 is 2.00 bits per heavy atom.